The van der Waals surface area contributed by atoms with E-state index in [1.54, 1.807) is 0 Å². The average molecular weight is 567 g/mol. The van der Waals surface area contributed by atoms with Crippen LogP contribution in [-0.4, -0.2) is 9.78 Å². The van der Waals surface area contributed by atoms with Gasteiger partial charge >= 0.3 is 0 Å². The molecule has 5 aromatic rings. The van der Waals surface area contributed by atoms with Crippen LogP contribution in [0.1, 0.15) is 24.1 Å². The minimum atomic E-state index is 0. The molecule has 0 aliphatic rings. The number of benzene rings is 4. The number of hydrogen-bond donors (Lipinski definition) is 0. The van der Waals surface area contributed by atoms with Crippen LogP contribution in [0.5, 0.6) is 0 Å². The molecule has 0 aliphatic carbocycles. The van der Waals surface area contributed by atoms with E-state index in [0.29, 0.717) is 0 Å². The Bertz CT molecular complexity index is 1260. The monoisotopic (exact) mass is 566 g/mol. The first-order chi connectivity index (χ1) is 14.3. The zero-order chi connectivity index (χ0) is 19.6. The maximum atomic E-state index is 5.00. The summed E-state index contributed by atoms with van der Waals surface area (Å²) in [7, 11) is 0. The van der Waals surface area contributed by atoms with Gasteiger partial charge in [-0.05, 0) is 11.8 Å². The summed E-state index contributed by atoms with van der Waals surface area (Å²) in [6.45, 7) is 2.19. The molecule has 30 heavy (non-hydrogen) atoms. The number of aromatic nitrogens is 2. The van der Waals surface area contributed by atoms with Gasteiger partial charge in [-0.3, -0.25) is 4.68 Å². The molecular formula is C27H19N2Pt-3. The molecule has 3 heteroatoms. The van der Waals surface area contributed by atoms with Gasteiger partial charge in [0.15, 0.2) is 0 Å². The first kappa shape index (κ1) is 20.3. The number of fused-ring (bicyclic) bond motifs is 1. The Hall–Kier alpha value is -2.96. The third-order valence-corrected chi connectivity index (χ3v) is 5.23. The van der Waals surface area contributed by atoms with Gasteiger partial charge in [-0.15, -0.1) is 23.8 Å². The smallest absolute Gasteiger partial charge is 0.0762 e. The Morgan fingerprint density at radius 2 is 1.50 bits per heavy atom. The normalized spacial score (nSPS) is 11.8. The average Bonchev–Trinajstić information content (AvgIpc) is 3.20. The molecule has 4 aromatic carbocycles. The van der Waals surface area contributed by atoms with E-state index in [2.05, 4.69) is 73.7 Å². The fourth-order valence-corrected chi connectivity index (χ4v) is 3.71. The van der Waals surface area contributed by atoms with Crippen molar-refractivity contribution < 1.29 is 21.1 Å². The van der Waals surface area contributed by atoms with Gasteiger partial charge < -0.3 is 0 Å². The Labute approximate surface area is 191 Å². The van der Waals surface area contributed by atoms with Gasteiger partial charge in [-0.2, -0.15) is 71.8 Å². The summed E-state index contributed by atoms with van der Waals surface area (Å²) in [5, 5.41) is 6.15. The van der Waals surface area contributed by atoms with E-state index in [4.69, 9.17) is 5.10 Å². The van der Waals surface area contributed by atoms with E-state index in [0.717, 1.165) is 39.0 Å². The molecule has 2 nitrogen and oxygen atoms in total. The zero-order valence-electron chi connectivity index (χ0n) is 16.4. The van der Waals surface area contributed by atoms with Gasteiger partial charge in [-0.25, -0.2) is 11.1 Å². The molecule has 0 amide bonds. The van der Waals surface area contributed by atoms with Gasteiger partial charge in [0.05, 0.1) is 11.2 Å². The molecule has 0 N–H and O–H groups in total. The van der Waals surface area contributed by atoms with E-state index < -0.39 is 0 Å². The summed E-state index contributed by atoms with van der Waals surface area (Å²) in [5.41, 5.74) is 6.30. The van der Waals surface area contributed by atoms with Gasteiger partial charge in [0.2, 0.25) is 0 Å². The standard InChI is InChI=1S/C27H19N2.Pt/c1-20(22-13-10-14-23(19-22)21-11-4-2-5-12-21)27-25-17-8-9-18-26(25)29(28-27)24-15-6-3-7-16-24;/h2-11,13-15,17-18,20H,1H3;/q-3;. The molecule has 0 spiro atoms. The fourth-order valence-electron chi connectivity index (χ4n) is 3.71. The van der Waals surface area contributed by atoms with Crippen LogP contribution in [0.4, 0.5) is 0 Å². The molecule has 5 rings (SSSR count). The fraction of sp³-hybridized carbons (Fsp3) is 0.0741. The molecule has 1 aromatic heterocycles. The quantitative estimate of drug-likeness (QED) is 0.236. The Morgan fingerprint density at radius 1 is 0.767 bits per heavy atom. The molecule has 0 radical (unpaired) electrons. The van der Waals surface area contributed by atoms with Crippen molar-refractivity contribution in [3.05, 3.63) is 120 Å². The summed E-state index contributed by atoms with van der Waals surface area (Å²) < 4.78 is 1.98. The number of nitrogens with zero attached hydrogens (tertiary/aromatic N) is 2. The van der Waals surface area contributed by atoms with Crippen LogP contribution in [0.25, 0.3) is 27.7 Å². The molecule has 0 fully saturated rings. The van der Waals surface area contributed by atoms with E-state index in [1.807, 2.05) is 47.1 Å². The molecule has 0 bridgehead atoms. The predicted molar refractivity (Wildman–Crippen MR) is 117 cm³/mol. The summed E-state index contributed by atoms with van der Waals surface area (Å²) in [6, 6.07) is 40.8. The van der Waals surface area contributed by atoms with Gasteiger partial charge in [-0.1, -0.05) is 25.1 Å². The van der Waals surface area contributed by atoms with Crippen LogP contribution in [0.2, 0.25) is 0 Å². The Balaban J connectivity index is 0.00000218. The molecule has 1 atom stereocenters. The van der Waals surface area contributed by atoms with Crippen LogP contribution in [0.15, 0.2) is 91.0 Å². The summed E-state index contributed by atoms with van der Waals surface area (Å²) in [5.74, 6) is 0.105. The maximum Gasteiger partial charge on any atom is 0.0762 e. The second-order valence-electron chi connectivity index (χ2n) is 7.08. The number of rotatable bonds is 4. The third-order valence-electron chi connectivity index (χ3n) is 5.23. The summed E-state index contributed by atoms with van der Waals surface area (Å²) >= 11 is 0. The van der Waals surface area contributed by atoms with Crippen molar-refractivity contribution >= 4 is 10.9 Å². The Kier molecular flexibility index (Phi) is 5.97. The van der Waals surface area contributed by atoms with Crippen LogP contribution in [-0.2, 0) is 21.1 Å². The summed E-state index contributed by atoms with van der Waals surface area (Å²) in [4.78, 5) is 0. The van der Waals surface area contributed by atoms with Crippen molar-refractivity contribution in [1.29, 1.82) is 0 Å². The molecule has 1 unspecified atom stereocenters. The second-order valence-corrected chi connectivity index (χ2v) is 7.08. The van der Waals surface area contributed by atoms with Gasteiger partial charge in [0.1, 0.15) is 0 Å². The third kappa shape index (κ3) is 3.76. The topological polar surface area (TPSA) is 17.8 Å². The van der Waals surface area contributed by atoms with E-state index in [1.165, 1.54) is 0 Å². The molecule has 0 saturated carbocycles. The van der Waals surface area contributed by atoms with Gasteiger partial charge in [0, 0.05) is 32.4 Å². The molecule has 0 aliphatic heterocycles. The van der Waals surface area contributed by atoms with E-state index >= 15 is 0 Å². The second kappa shape index (κ2) is 8.81. The zero-order valence-corrected chi connectivity index (χ0v) is 18.7. The molecule has 150 valence electrons. The van der Waals surface area contributed by atoms with Crippen LogP contribution in [0, 0.1) is 18.2 Å². The predicted octanol–water partition coefficient (Wildman–Crippen LogP) is 6.24. The van der Waals surface area contributed by atoms with Crippen LogP contribution < -0.4 is 0 Å². The van der Waals surface area contributed by atoms with Crippen molar-refractivity contribution in [2.24, 2.45) is 0 Å². The van der Waals surface area contributed by atoms with Crippen molar-refractivity contribution in [1.82, 2.24) is 9.78 Å². The number of hydrogen-bond acceptors (Lipinski definition) is 1. The van der Waals surface area contributed by atoms with Gasteiger partial charge in [0.25, 0.3) is 0 Å². The minimum absolute atomic E-state index is 0. The van der Waals surface area contributed by atoms with Crippen molar-refractivity contribution in [2.75, 3.05) is 0 Å². The maximum absolute atomic E-state index is 5.00. The minimum Gasteiger partial charge on any atom is -0.257 e. The SMILES string of the molecule is CC(c1[c-]c(-c2[c-]cccc2)ccc1)c1nn(-c2[c-]cccc2)c2ccccc12.[Pt]. The first-order valence-corrected chi connectivity index (χ1v) is 9.75. The first-order valence-electron chi connectivity index (χ1n) is 9.75. The van der Waals surface area contributed by atoms with E-state index in [-0.39, 0.29) is 27.0 Å². The van der Waals surface area contributed by atoms with Crippen molar-refractivity contribution in [2.45, 2.75) is 12.8 Å². The van der Waals surface area contributed by atoms with E-state index in [9.17, 15) is 0 Å². The van der Waals surface area contributed by atoms with Crippen molar-refractivity contribution in [3.8, 4) is 16.8 Å². The molecule has 1 heterocycles. The molecule has 0 saturated heterocycles. The number of para-hydroxylation sites is 2. The molecular weight excluding hydrogens is 547 g/mol. The van der Waals surface area contributed by atoms with Crippen LogP contribution >= 0.6 is 0 Å². The Morgan fingerprint density at radius 3 is 2.27 bits per heavy atom. The summed E-state index contributed by atoms with van der Waals surface area (Å²) in [6.07, 6.45) is 0. The van der Waals surface area contributed by atoms with Crippen LogP contribution in [0.3, 0.4) is 0 Å². The van der Waals surface area contributed by atoms with Crippen molar-refractivity contribution in [3.63, 3.8) is 0 Å². The largest absolute Gasteiger partial charge is 0.257 e.